The second kappa shape index (κ2) is 14.8. The molecule has 3 aliphatic rings. The van der Waals surface area contributed by atoms with E-state index in [-0.39, 0.29) is 37.1 Å². The highest BCUT2D eigenvalue weighted by Gasteiger charge is 2.34. The van der Waals surface area contributed by atoms with Gasteiger partial charge in [-0.15, -0.1) is 21.5 Å². The molecule has 2 saturated heterocycles. The zero-order valence-corrected chi connectivity index (χ0v) is 32.1. The van der Waals surface area contributed by atoms with Crippen LogP contribution in [0.2, 0.25) is 5.02 Å². The summed E-state index contributed by atoms with van der Waals surface area (Å²) in [6, 6.07) is 11.9. The van der Waals surface area contributed by atoms with Gasteiger partial charge >= 0.3 is 6.03 Å². The number of nitrogens with zero attached hydrogens (tertiary/aromatic N) is 8. The number of benzene rings is 2. The van der Waals surface area contributed by atoms with Crippen molar-refractivity contribution in [3.8, 4) is 5.00 Å². The Bertz CT molecular complexity index is 2130. The first-order valence-electron chi connectivity index (χ1n) is 17.7. The molecule has 276 valence electrons. The molecule has 1 N–H and O–H groups in total. The molecule has 53 heavy (non-hydrogen) atoms. The number of hydrogen-bond acceptors (Lipinski definition) is 9. The van der Waals surface area contributed by atoms with Gasteiger partial charge in [-0.25, -0.2) is 4.79 Å². The summed E-state index contributed by atoms with van der Waals surface area (Å²) in [4.78, 5) is 65.2. The molecule has 0 saturated carbocycles. The van der Waals surface area contributed by atoms with E-state index in [0.29, 0.717) is 61.4 Å². The summed E-state index contributed by atoms with van der Waals surface area (Å²) in [6.45, 7) is 11.9. The number of thiophene rings is 1. The van der Waals surface area contributed by atoms with Crippen LogP contribution in [-0.4, -0.2) is 112 Å². The SMILES string of the molecule is Cc1ccc(C(=O)N(C)CCN2CCN(C(=O)C[C@@H]3N=C(c4ccc(Cl)cc4)c4c(sc(C)c4C)-n4c(C)nnc43)CC2)cc1N1CCC(=O)NC1=O. The maximum atomic E-state index is 13.9. The van der Waals surface area contributed by atoms with Crippen LogP contribution >= 0.6 is 22.9 Å². The lowest BCUT2D eigenvalue weighted by Gasteiger charge is -2.36. The van der Waals surface area contributed by atoms with Gasteiger partial charge in [0.15, 0.2) is 5.82 Å². The Kier molecular flexibility index (Phi) is 10.2. The van der Waals surface area contributed by atoms with Gasteiger partial charge in [0, 0.05) is 91.6 Å². The monoisotopic (exact) mass is 755 g/mol. The molecule has 2 aromatic heterocycles. The predicted molar refractivity (Wildman–Crippen MR) is 205 cm³/mol. The van der Waals surface area contributed by atoms with Gasteiger partial charge in [0.1, 0.15) is 16.9 Å². The molecule has 2 aromatic carbocycles. The lowest BCUT2D eigenvalue weighted by molar-refractivity contribution is -0.133. The number of anilines is 1. The fourth-order valence-electron chi connectivity index (χ4n) is 7.09. The van der Waals surface area contributed by atoms with Gasteiger partial charge in [0.2, 0.25) is 11.8 Å². The van der Waals surface area contributed by atoms with Crippen molar-refractivity contribution < 1.29 is 19.2 Å². The van der Waals surface area contributed by atoms with Crippen molar-refractivity contribution in [3.05, 3.63) is 91.8 Å². The van der Waals surface area contributed by atoms with Crippen LogP contribution in [0.5, 0.6) is 0 Å². The summed E-state index contributed by atoms with van der Waals surface area (Å²) < 4.78 is 2.06. The highest BCUT2D eigenvalue weighted by atomic mass is 35.5. The Morgan fingerprint density at radius 2 is 1.72 bits per heavy atom. The Labute approximate surface area is 317 Å². The van der Waals surface area contributed by atoms with E-state index in [1.54, 1.807) is 35.4 Å². The Morgan fingerprint density at radius 1 is 0.981 bits per heavy atom. The average Bonchev–Trinajstić information content (AvgIpc) is 3.62. The molecule has 0 unspecified atom stereocenters. The number of carbonyl (C=O) groups excluding carboxylic acids is 4. The number of aryl methyl sites for hydroxylation is 3. The standard InChI is InChI=1S/C38H42ClN9O4S/c1-22-6-7-27(20-30(22)47-13-12-31(49)41-38(47)52)36(51)44(5)14-15-45-16-18-46(19-17-45)32(50)21-29-35-43-42-25(4)48(35)37-33(23(2)24(3)53-37)34(40-29)26-8-10-28(39)11-9-26/h6-11,20,29H,12-19,21H2,1-5H3,(H,41,49,52)/t29-/m0/s1. The van der Waals surface area contributed by atoms with Crippen molar-refractivity contribution in [1.29, 1.82) is 0 Å². The first-order chi connectivity index (χ1) is 25.4. The van der Waals surface area contributed by atoms with Gasteiger partial charge < -0.3 is 9.80 Å². The third-order valence-electron chi connectivity index (χ3n) is 10.3. The molecule has 0 radical (unpaired) electrons. The van der Waals surface area contributed by atoms with Crippen LogP contribution < -0.4 is 10.2 Å². The lowest BCUT2D eigenvalue weighted by Crippen LogP contribution is -2.50. The number of nitrogens with one attached hydrogen (secondary N) is 1. The molecule has 5 heterocycles. The molecule has 0 aliphatic carbocycles. The highest BCUT2D eigenvalue weighted by molar-refractivity contribution is 7.15. The van der Waals surface area contributed by atoms with E-state index < -0.39 is 12.1 Å². The molecule has 4 aromatic rings. The summed E-state index contributed by atoms with van der Waals surface area (Å²) >= 11 is 7.93. The number of imide groups is 1. The minimum absolute atomic E-state index is 0.00782. The average molecular weight is 756 g/mol. The van der Waals surface area contributed by atoms with Crippen molar-refractivity contribution >= 4 is 58.1 Å². The number of halogens is 1. The zero-order valence-electron chi connectivity index (χ0n) is 30.5. The van der Waals surface area contributed by atoms with Crippen molar-refractivity contribution in [2.45, 2.75) is 46.6 Å². The summed E-state index contributed by atoms with van der Waals surface area (Å²) in [6.07, 6.45) is 0.369. The molecule has 7 rings (SSSR count). The fraction of sp³-hybridized carbons (Fsp3) is 0.395. The highest BCUT2D eigenvalue weighted by Crippen LogP contribution is 2.40. The minimum Gasteiger partial charge on any atom is -0.340 e. The summed E-state index contributed by atoms with van der Waals surface area (Å²) in [5.41, 5.74) is 5.84. The maximum Gasteiger partial charge on any atom is 0.328 e. The van der Waals surface area contributed by atoms with E-state index >= 15 is 0 Å². The van der Waals surface area contributed by atoms with E-state index in [4.69, 9.17) is 16.6 Å². The number of piperazine rings is 1. The van der Waals surface area contributed by atoms with Gasteiger partial charge in [0.05, 0.1) is 12.1 Å². The normalized spacial score (nSPS) is 17.5. The Morgan fingerprint density at radius 3 is 2.43 bits per heavy atom. The van der Waals surface area contributed by atoms with Crippen molar-refractivity contribution in [1.82, 2.24) is 34.8 Å². The minimum atomic E-state index is -0.527. The summed E-state index contributed by atoms with van der Waals surface area (Å²) in [7, 11) is 1.77. The number of aromatic nitrogens is 3. The number of rotatable bonds is 8. The van der Waals surface area contributed by atoms with Gasteiger partial charge in [-0.3, -0.25) is 39.1 Å². The number of likely N-dealkylation sites (N-methyl/N-ethyl adjacent to an activating group) is 1. The molecule has 3 aliphatic heterocycles. The topological polar surface area (TPSA) is 136 Å². The van der Waals surface area contributed by atoms with Gasteiger partial charge in [-0.05, 0) is 63.1 Å². The van der Waals surface area contributed by atoms with Crippen LogP contribution in [0.15, 0.2) is 47.5 Å². The Balaban J connectivity index is 0.994. The van der Waals surface area contributed by atoms with E-state index in [9.17, 15) is 19.2 Å². The van der Waals surface area contributed by atoms with Gasteiger partial charge in [-0.2, -0.15) is 0 Å². The molecule has 15 heteroatoms. The fourth-order valence-corrected chi connectivity index (χ4v) is 8.43. The molecule has 13 nitrogen and oxygen atoms in total. The predicted octanol–water partition coefficient (Wildman–Crippen LogP) is 4.86. The van der Waals surface area contributed by atoms with Gasteiger partial charge in [-0.1, -0.05) is 29.8 Å². The van der Waals surface area contributed by atoms with Crippen LogP contribution in [0.4, 0.5) is 10.5 Å². The first-order valence-corrected chi connectivity index (χ1v) is 18.9. The molecule has 0 bridgehead atoms. The Hall–Kier alpha value is -4.92. The molecule has 0 spiro atoms. The van der Waals surface area contributed by atoms with Crippen LogP contribution in [0, 0.1) is 27.7 Å². The van der Waals surface area contributed by atoms with E-state index in [1.165, 1.54) is 9.78 Å². The molecule has 1 atom stereocenters. The van der Waals surface area contributed by atoms with Gasteiger partial charge in [0.25, 0.3) is 5.91 Å². The number of amides is 5. The molecular weight excluding hydrogens is 714 g/mol. The molecule has 5 amide bonds. The summed E-state index contributed by atoms with van der Waals surface area (Å²) in [5, 5.41) is 13.0. The van der Waals surface area contributed by atoms with Crippen LogP contribution in [0.3, 0.4) is 0 Å². The van der Waals surface area contributed by atoms with Crippen molar-refractivity contribution in [2.24, 2.45) is 4.99 Å². The van der Waals surface area contributed by atoms with Crippen LogP contribution in [0.25, 0.3) is 5.00 Å². The van der Waals surface area contributed by atoms with E-state index in [2.05, 4.69) is 38.8 Å². The lowest BCUT2D eigenvalue weighted by atomic mass is 9.99. The number of hydrogen-bond donors (Lipinski definition) is 1. The van der Waals surface area contributed by atoms with Crippen LogP contribution in [0.1, 0.15) is 68.0 Å². The third-order valence-corrected chi connectivity index (χ3v) is 11.8. The number of carbonyl (C=O) groups is 4. The van der Waals surface area contributed by atoms with E-state index in [1.807, 2.05) is 49.1 Å². The largest absolute Gasteiger partial charge is 0.340 e. The smallest absolute Gasteiger partial charge is 0.328 e. The third kappa shape index (κ3) is 7.22. The molecular formula is C38H42ClN9O4S. The van der Waals surface area contributed by atoms with Crippen molar-refractivity contribution in [3.63, 3.8) is 0 Å². The van der Waals surface area contributed by atoms with Crippen LogP contribution in [-0.2, 0) is 9.59 Å². The number of urea groups is 1. The summed E-state index contributed by atoms with van der Waals surface area (Å²) in [5.74, 6) is 0.955. The zero-order chi connectivity index (χ0) is 37.6. The quantitative estimate of drug-likeness (QED) is 0.271. The van der Waals surface area contributed by atoms with E-state index in [0.717, 1.165) is 38.8 Å². The number of aliphatic imine (C=N–C) groups is 1. The molecule has 2 fully saturated rings. The first kappa shape index (κ1) is 36.4. The second-order valence-electron chi connectivity index (χ2n) is 13.8. The second-order valence-corrected chi connectivity index (χ2v) is 15.5. The van der Waals surface area contributed by atoms with Crippen molar-refractivity contribution in [2.75, 3.05) is 57.8 Å². The maximum absolute atomic E-state index is 13.9. The number of fused-ring (bicyclic) bond motifs is 3.